The number of unbranched alkanes of at least 4 members (excludes halogenated alkanes) is 1. The van der Waals surface area contributed by atoms with Crippen molar-refractivity contribution in [2.45, 2.75) is 19.4 Å². The third-order valence-electron chi connectivity index (χ3n) is 2.24. The predicted octanol–water partition coefficient (Wildman–Crippen LogP) is 0.761. The second-order valence-corrected chi connectivity index (χ2v) is 3.66. The lowest BCUT2D eigenvalue weighted by atomic mass is 10.2. The molecule has 0 atom stereocenters. The van der Waals surface area contributed by atoms with Crippen molar-refractivity contribution in [3.05, 3.63) is 35.9 Å². The van der Waals surface area contributed by atoms with Gasteiger partial charge in [-0.25, -0.2) is 5.84 Å². The Hall–Kier alpha value is -1.59. The molecule has 0 aromatic heterocycles. The largest absolute Gasteiger partial charge is 0.377 e. The van der Waals surface area contributed by atoms with Crippen LogP contribution >= 0.6 is 0 Å². The van der Waals surface area contributed by atoms with Gasteiger partial charge in [0.15, 0.2) is 0 Å². The molecule has 0 aliphatic rings. The van der Waals surface area contributed by atoms with E-state index in [-0.39, 0.29) is 5.96 Å². The molecule has 5 heteroatoms. The zero-order valence-electron chi connectivity index (χ0n) is 9.93. The first-order valence-corrected chi connectivity index (χ1v) is 5.71. The number of aliphatic imine (C=N–C) groups is 1. The van der Waals surface area contributed by atoms with E-state index in [1.165, 1.54) is 5.56 Å². The number of ether oxygens (including phenoxy) is 1. The van der Waals surface area contributed by atoms with Gasteiger partial charge in [-0.05, 0) is 18.4 Å². The highest BCUT2D eigenvalue weighted by Crippen LogP contribution is 2.01. The summed E-state index contributed by atoms with van der Waals surface area (Å²) in [5, 5.41) is 0. The number of nitrogens with two attached hydrogens (primary N) is 2. The van der Waals surface area contributed by atoms with Crippen molar-refractivity contribution in [1.29, 1.82) is 0 Å². The maximum atomic E-state index is 5.53. The van der Waals surface area contributed by atoms with E-state index >= 15 is 0 Å². The van der Waals surface area contributed by atoms with Gasteiger partial charge in [0.05, 0.1) is 6.61 Å². The summed E-state index contributed by atoms with van der Waals surface area (Å²) in [6.45, 7) is 2.07. The molecule has 5 nitrogen and oxygen atoms in total. The van der Waals surface area contributed by atoms with Crippen molar-refractivity contribution in [2.24, 2.45) is 16.6 Å². The highest BCUT2D eigenvalue weighted by Gasteiger charge is 1.92. The Bertz CT molecular complexity index is 327. The van der Waals surface area contributed by atoms with E-state index in [9.17, 15) is 0 Å². The van der Waals surface area contributed by atoms with Gasteiger partial charge in [0, 0.05) is 13.2 Å². The van der Waals surface area contributed by atoms with Crippen LogP contribution in [0, 0.1) is 0 Å². The Balaban J connectivity index is 1.98. The summed E-state index contributed by atoms with van der Waals surface area (Å²) < 4.78 is 5.53. The number of guanidine groups is 1. The topological polar surface area (TPSA) is 85.7 Å². The van der Waals surface area contributed by atoms with Gasteiger partial charge in [0.25, 0.3) is 0 Å². The van der Waals surface area contributed by atoms with Crippen LogP contribution in [0.3, 0.4) is 0 Å². The van der Waals surface area contributed by atoms with Crippen molar-refractivity contribution in [1.82, 2.24) is 5.43 Å². The molecule has 0 aliphatic heterocycles. The standard InChI is InChI=1S/C12H20N4O/c13-12(16-14)15-8-4-5-9-17-10-11-6-2-1-3-7-11/h1-3,6-7H,4-5,8-10,14H2,(H3,13,15,16). The van der Waals surface area contributed by atoms with Crippen LogP contribution in [0.4, 0.5) is 0 Å². The van der Waals surface area contributed by atoms with E-state index in [1.807, 2.05) is 18.2 Å². The Morgan fingerprint density at radius 1 is 1.24 bits per heavy atom. The molecule has 0 fully saturated rings. The van der Waals surface area contributed by atoms with Gasteiger partial charge in [0.2, 0.25) is 5.96 Å². The third kappa shape index (κ3) is 6.55. The number of hydrazine groups is 1. The summed E-state index contributed by atoms with van der Waals surface area (Å²) in [5.41, 5.74) is 8.85. The second kappa shape index (κ2) is 8.55. The lowest BCUT2D eigenvalue weighted by molar-refractivity contribution is 0.117. The van der Waals surface area contributed by atoms with Crippen LogP contribution in [0.25, 0.3) is 0 Å². The number of hydrogen-bond acceptors (Lipinski definition) is 3. The van der Waals surface area contributed by atoms with E-state index in [0.717, 1.165) is 19.4 Å². The van der Waals surface area contributed by atoms with Gasteiger partial charge in [0.1, 0.15) is 0 Å². The molecule has 94 valence electrons. The monoisotopic (exact) mass is 236 g/mol. The molecular weight excluding hydrogens is 216 g/mol. The normalized spacial score (nSPS) is 11.5. The first kappa shape index (κ1) is 13.5. The van der Waals surface area contributed by atoms with E-state index in [2.05, 4.69) is 22.6 Å². The Kier molecular flexibility index (Phi) is 6.78. The van der Waals surface area contributed by atoms with Gasteiger partial charge < -0.3 is 10.5 Å². The van der Waals surface area contributed by atoms with Crippen LogP contribution in [0.5, 0.6) is 0 Å². The summed E-state index contributed by atoms with van der Waals surface area (Å²) in [5.74, 6) is 5.34. The Labute approximate surface area is 102 Å². The molecule has 1 aromatic carbocycles. The van der Waals surface area contributed by atoms with Gasteiger partial charge in [-0.3, -0.25) is 10.4 Å². The molecule has 0 aliphatic carbocycles. The van der Waals surface area contributed by atoms with Crippen molar-refractivity contribution in [2.75, 3.05) is 13.2 Å². The summed E-state index contributed by atoms with van der Waals surface area (Å²) in [6, 6.07) is 10.1. The smallest absolute Gasteiger partial charge is 0.203 e. The molecule has 1 aromatic rings. The zero-order valence-corrected chi connectivity index (χ0v) is 9.93. The van der Waals surface area contributed by atoms with Crippen LogP contribution in [0.2, 0.25) is 0 Å². The average Bonchev–Trinajstić information content (AvgIpc) is 2.38. The molecule has 17 heavy (non-hydrogen) atoms. The molecule has 0 saturated heterocycles. The van der Waals surface area contributed by atoms with Crippen LogP contribution in [0.1, 0.15) is 18.4 Å². The Morgan fingerprint density at radius 3 is 2.71 bits per heavy atom. The average molecular weight is 236 g/mol. The molecule has 5 N–H and O–H groups in total. The minimum Gasteiger partial charge on any atom is -0.377 e. The van der Waals surface area contributed by atoms with Crippen molar-refractivity contribution in [3.8, 4) is 0 Å². The molecule has 0 heterocycles. The van der Waals surface area contributed by atoms with Gasteiger partial charge in [-0.1, -0.05) is 30.3 Å². The van der Waals surface area contributed by atoms with Crippen LogP contribution in [-0.4, -0.2) is 19.1 Å². The van der Waals surface area contributed by atoms with Gasteiger partial charge in [-0.2, -0.15) is 0 Å². The predicted molar refractivity (Wildman–Crippen MR) is 69.1 cm³/mol. The fourth-order valence-electron chi connectivity index (χ4n) is 1.33. The number of benzene rings is 1. The van der Waals surface area contributed by atoms with Crippen molar-refractivity contribution >= 4 is 5.96 Å². The molecule has 0 bridgehead atoms. The minimum atomic E-state index is 0.273. The van der Waals surface area contributed by atoms with Crippen molar-refractivity contribution < 1.29 is 4.74 Å². The molecule has 0 saturated carbocycles. The molecule has 1 rings (SSSR count). The maximum Gasteiger partial charge on any atom is 0.203 e. The second-order valence-electron chi connectivity index (χ2n) is 3.66. The molecule has 0 unspecified atom stereocenters. The van der Waals surface area contributed by atoms with E-state index in [1.54, 1.807) is 0 Å². The molecular formula is C12H20N4O. The van der Waals surface area contributed by atoms with Crippen LogP contribution in [-0.2, 0) is 11.3 Å². The van der Waals surface area contributed by atoms with Gasteiger partial charge in [-0.15, -0.1) is 0 Å². The quantitative estimate of drug-likeness (QED) is 0.214. The molecule has 0 amide bonds. The van der Waals surface area contributed by atoms with Gasteiger partial charge >= 0.3 is 0 Å². The highest BCUT2D eigenvalue weighted by atomic mass is 16.5. The number of rotatable bonds is 7. The number of nitrogens with zero attached hydrogens (tertiary/aromatic N) is 1. The summed E-state index contributed by atoms with van der Waals surface area (Å²) >= 11 is 0. The highest BCUT2D eigenvalue weighted by molar-refractivity contribution is 5.76. The Morgan fingerprint density at radius 2 is 2.00 bits per heavy atom. The fourth-order valence-corrected chi connectivity index (χ4v) is 1.33. The minimum absolute atomic E-state index is 0.273. The van der Waals surface area contributed by atoms with Crippen LogP contribution < -0.4 is 17.0 Å². The van der Waals surface area contributed by atoms with Crippen molar-refractivity contribution in [3.63, 3.8) is 0 Å². The van der Waals surface area contributed by atoms with Crippen LogP contribution in [0.15, 0.2) is 35.3 Å². The first-order chi connectivity index (χ1) is 8.33. The zero-order chi connectivity index (χ0) is 12.3. The molecule has 0 radical (unpaired) electrons. The van der Waals surface area contributed by atoms with E-state index in [0.29, 0.717) is 13.2 Å². The molecule has 0 spiro atoms. The maximum absolute atomic E-state index is 5.53. The third-order valence-corrected chi connectivity index (χ3v) is 2.24. The lowest BCUT2D eigenvalue weighted by Gasteiger charge is -2.03. The summed E-state index contributed by atoms with van der Waals surface area (Å²) in [4.78, 5) is 4.00. The SMILES string of the molecule is NNC(N)=NCCCCOCc1ccccc1. The number of hydrogen-bond donors (Lipinski definition) is 3. The summed E-state index contributed by atoms with van der Waals surface area (Å²) in [6.07, 6.45) is 1.91. The summed E-state index contributed by atoms with van der Waals surface area (Å²) in [7, 11) is 0. The van der Waals surface area contributed by atoms with E-state index in [4.69, 9.17) is 16.3 Å². The lowest BCUT2D eigenvalue weighted by Crippen LogP contribution is -2.37. The van der Waals surface area contributed by atoms with E-state index < -0.39 is 0 Å². The number of nitrogens with one attached hydrogen (secondary N) is 1. The first-order valence-electron chi connectivity index (χ1n) is 5.71. The fraction of sp³-hybridized carbons (Fsp3) is 0.417.